The van der Waals surface area contributed by atoms with E-state index in [1.54, 1.807) is 0 Å². The number of nitrogen functional groups attached to an aromatic ring is 1. The number of aromatic nitrogens is 2. The van der Waals surface area contributed by atoms with Gasteiger partial charge in [0, 0.05) is 6.20 Å². The highest BCUT2D eigenvalue weighted by molar-refractivity contribution is 9.09. The molecule has 2 rings (SSSR count). The standard InChI is InChI=1S/C9H11BrClN3O4.ClH/c10-5-6(16)4(2-15)18-8(5)14-1-3(11)7(12)13-9(14)17;/h1,4-6,8,15-16H,2H2,(H2,12,13,17);1H/t4-,5+,6-,8-;/m1./s1. The Morgan fingerprint density at radius 2 is 2.26 bits per heavy atom. The Bertz CT molecular complexity index is 515. The summed E-state index contributed by atoms with van der Waals surface area (Å²) in [5.74, 6) is -0.0682. The lowest BCUT2D eigenvalue weighted by atomic mass is 10.2. The minimum atomic E-state index is -0.941. The Balaban J connectivity index is 0.00000180. The zero-order chi connectivity index (χ0) is 13.4. The average Bonchev–Trinajstić information content (AvgIpc) is 2.61. The van der Waals surface area contributed by atoms with Crippen molar-refractivity contribution in [2.24, 2.45) is 0 Å². The minimum Gasteiger partial charge on any atom is -0.394 e. The fourth-order valence-electron chi connectivity index (χ4n) is 1.72. The van der Waals surface area contributed by atoms with Gasteiger partial charge in [0.2, 0.25) is 0 Å². The molecular formula is C9H12BrCl2N3O4. The molecule has 19 heavy (non-hydrogen) atoms. The number of nitrogens with zero attached hydrogens (tertiary/aromatic N) is 2. The van der Waals surface area contributed by atoms with Crippen molar-refractivity contribution in [3.8, 4) is 0 Å². The molecule has 4 atom stereocenters. The maximum Gasteiger partial charge on any atom is 0.351 e. The molecule has 10 heteroatoms. The largest absolute Gasteiger partial charge is 0.394 e. The minimum absolute atomic E-state index is 0. The molecule has 1 aliphatic heterocycles. The molecule has 0 aromatic carbocycles. The molecule has 0 unspecified atom stereocenters. The highest BCUT2D eigenvalue weighted by atomic mass is 79.9. The number of rotatable bonds is 2. The molecule has 0 radical (unpaired) electrons. The lowest BCUT2D eigenvalue weighted by Gasteiger charge is -2.17. The van der Waals surface area contributed by atoms with E-state index in [2.05, 4.69) is 20.9 Å². The van der Waals surface area contributed by atoms with Crippen molar-refractivity contribution in [3.05, 3.63) is 21.7 Å². The molecule has 1 aromatic heterocycles. The van der Waals surface area contributed by atoms with Crippen LogP contribution >= 0.6 is 39.9 Å². The van der Waals surface area contributed by atoms with Crippen molar-refractivity contribution in [1.29, 1.82) is 0 Å². The molecule has 0 aliphatic carbocycles. The third-order valence-electron chi connectivity index (χ3n) is 2.68. The Morgan fingerprint density at radius 3 is 2.79 bits per heavy atom. The number of nitrogens with two attached hydrogens (primary N) is 1. The van der Waals surface area contributed by atoms with Crippen molar-refractivity contribution >= 4 is 45.8 Å². The van der Waals surface area contributed by atoms with Gasteiger partial charge in [-0.25, -0.2) is 4.79 Å². The topological polar surface area (TPSA) is 111 Å². The molecule has 0 saturated carbocycles. The summed E-state index contributed by atoms with van der Waals surface area (Å²) in [6.07, 6.45) is -1.24. The Hall–Kier alpha value is -0.380. The number of hydrogen-bond acceptors (Lipinski definition) is 6. The zero-order valence-electron chi connectivity index (χ0n) is 9.44. The first kappa shape index (κ1) is 16.7. The van der Waals surface area contributed by atoms with Crippen LogP contribution in [-0.4, -0.2) is 43.4 Å². The summed E-state index contributed by atoms with van der Waals surface area (Å²) in [5.41, 5.74) is 4.76. The fourth-order valence-corrected chi connectivity index (χ4v) is 2.59. The van der Waals surface area contributed by atoms with Gasteiger partial charge in [-0.15, -0.1) is 12.4 Å². The second-order valence-electron chi connectivity index (χ2n) is 3.85. The smallest absolute Gasteiger partial charge is 0.351 e. The van der Waals surface area contributed by atoms with Crippen LogP contribution in [-0.2, 0) is 4.74 Å². The summed E-state index contributed by atoms with van der Waals surface area (Å²) >= 11 is 9.01. The normalized spacial score (nSPS) is 30.1. The van der Waals surface area contributed by atoms with E-state index >= 15 is 0 Å². The van der Waals surface area contributed by atoms with E-state index in [0.29, 0.717) is 0 Å². The van der Waals surface area contributed by atoms with Crippen molar-refractivity contribution < 1.29 is 14.9 Å². The van der Waals surface area contributed by atoms with Crippen LogP contribution in [0.25, 0.3) is 0 Å². The second-order valence-corrected chi connectivity index (χ2v) is 5.31. The number of hydrogen-bond donors (Lipinski definition) is 3. The SMILES string of the molecule is Cl.Nc1nc(=O)n([C@@H]2O[C@H](CO)[C@@H](O)[C@@H]2Br)cc1Cl. The van der Waals surface area contributed by atoms with Crippen LogP contribution in [0.5, 0.6) is 0 Å². The Morgan fingerprint density at radius 1 is 1.63 bits per heavy atom. The van der Waals surface area contributed by atoms with E-state index in [0.717, 1.165) is 4.57 Å². The summed E-state index contributed by atoms with van der Waals surface area (Å²) in [4.78, 5) is 14.7. The van der Waals surface area contributed by atoms with Gasteiger partial charge < -0.3 is 20.7 Å². The molecule has 0 bridgehead atoms. The van der Waals surface area contributed by atoms with Gasteiger partial charge in [-0.2, -0.15) is 4.98 Å². The maximum atomic E-state index is 11.7. The van der Waals surface area contributed by atoms with Gasteiger partial charge >= 0.3 is 5.69 Å². The van der Waals surface area contributed by atoms with Crippen LogP contribution in [0.3, 0.4) is 0 Å². The van der Waals surface area contributed by atoms with Crippen LogP contribution in [0.2, 0.25) is 5.02 Å². The lowest BCUT2D eigenvalue weighted by molar-refractivity contribution is -0.0456. The summed E-state index contributed by atoms with van der Waals surface area (Å²) in [7, 11) is 0. The molecule has 2 heterocycles. The van der Waals surface area contributed by atoms with Gasteiger partial charge in [0.15, 0.2) is 6.23 Å². The maximum absolute atomic E-state index is 11.7. The van der Waals surface area contributed by atoms with Gasteiger partial charge in [-0.3, -0.25) is 4.57 Å². The van der Waals surface area contributed by atoms with Crippen LogP contribution in [0, 0.1) is 0 Å². The monoisotopic (exact) mass is 375 g/mol. The number of ether oxygens (including phenoxy) is 1. The predicted octanol–water partition coefficient (Wildman–Crippen LogP) is -0.0852. The predicted molar refractivity (Wildman–Crippen MR) is 74.9 cm³/mol. The lowest BCUT2D eigenvalue weighted by Crippen LogP contribution is -2.32. The van der Waals surface area contributed by atoms with Crippen LogP contribution in [0.1, 0.15) is 6.23 Å². The first-order chi connectivity index (χ1) is 8.45. The molecule has 0 spiro atoms. The van der Waals surface area contributed by atoms with Crippen molar-refractivity contribution in [2.75, 3.05) is 12.3 Å². The molecule has 4 N–H and O–H groups in total. The fraction of sp³-hybridized carbons (Fsp3) is 0.556. The number of aliphatic hydroxyl groups is 2. The van der Waals surface area contributed by atoms with Crippen molar-refractivity contribution in [2.45, 2.75) is 23.3 Å². The summed E-state index contributed by atoms with van der Waals surface area (Å²) < 4.78 is 6.50. The zero-order valence-corrected chi connectivity index (χ0v) is 12.6. The van der Waals surface area contributed by atoms with Crippen molar-refractivity contribution in [1.82, 2.24) is 9.55 Å². The first-order valence-electron chi connectivity index (χ1n) is 5.08. The van der Waals surface area contributed by atoms with Gasteiger partial charge in [-0.05, 0) is 0 Å². The number of anilines is 1. The molecule has 1 aliphatic rings. The molecule has 1 saturated heterocycles. The van der Waals surface area contributed by atoms with Crippen LogP contribution in [0.15, 0.2) is 11.0 Å². The van der Waals surface area contributed by atoms with Crippen LogP contribution in [0.4, 0.5) is 5.82 Å². The van der Waals surface area contributed by atoms with E-state index in [-0.39, 0.29) is 29.9 Å². The number of alkyl halides is 1. The molecule has 108 valence electrons. The van der Waals surface area contributed by atoms with E-state index in [1.807, 2.05) is 0 Å². The summed E-state index contributed by atoms with van der Waals surface area (Å²) in [6, 6.07) is 0. The molecule has 0 amide bonds. The summed E-state index contributed by atoms with van der Waals surface area (Å²) in [5, 5.41) is 18.9. The highest BCUT2D eigenvalue weighted by Gasteiger charge is 2.43. The average molecular weight is 377 g/mol. The molecule has 1 fully saturated rings. The Kier molecular flexibility index (Phi) is 5.60. The molecular weight excluding hydrogens is 365 g/mol. The second kappa shape index (κ2) is 6.38. The van der Waals surface area contributed by atoms with E-state index in [9.17, 15) is 9.90 Å². The van der Waals surface area contributed by atoms with Crippen LogP contribution < -0.4 is 11.4 Å². The molecule has 1 aromatic rings. The quantitative estimate of drug-likeness (QED) is 0.622. The van der Waals surface area contributed by atoms with E-state index < -0.39 is 29.0 Å². The van der Waals surface area contributed by atoms with E-state index in [1.165, 1.54) is 6.20 Å². The van der Waals surface area contributed by atoms with Gasteiger partial charge in [0.1, 0.15) is 11.9 Å². The third-order valence-corrected chi connectivity index (χ3v) is 3.97. The summed E-state index contributed by atoms with van der Waals surface area (Å²) in [6.45, 7) is -0.356. The van der Waals surface area contributed by atoms with Gasteiger partial charge in [0.05, 0.1) is 22.6 Å². The van der Waals surface area contributed by atoms with Gasteiger partial charge in [-0.1, -0.05) is 27.5 Å². The third kappa shape index (κ3) is 3.04. The first-order valence-corrected chi connectivity index (χ1v) is 6.37. The highest BCUT2D eigenvalue weighted by Crippen LogP contribution is 2.34. The number of aliphatic hydroxyl groups excluding tert-OH is 2. The number of halogens is 3. The van der Waals surface area contributed by atoms with E-state index in [4.69, 9.17) is 27.2 Å². The Labute approximate surface area is 127 Å². The van der Waals surface area contributed by atoms with Crippen molar-refractivity contribution in [3.63, 3.8) is 0 Å². The van der Waals surface area contributed by atoms with Gasteiger partial charge in [0.25, 0.3) is 0 Å². The molecule has 7 nitrogen and oxygen atoms in total.